The average Bonchev–Trinajstić information content (AvgIpc) is 0.939. The van der Waals surface area contributed by atoms with E-state index in [1.165, 1.54) is 0 Å². The van der Waals surface area contributed by atoms with E-state index in [-0.39, 0.29) is 92.5 Å². The summed E-state index contributed by atoms with van der Waals surface area (Å²) >= 11 is 0. The molecule has 0 radical (unpaired) electrons. The normalized spacial score (nSPS) is 16.0. The van der Waals surface area contributed by atoms with Gasteiger partial charge in [-0.3, -0.25) is 63.3 Å². The van der Waals surface area contributed by atoms with Crippen molar-refractivity contribution in [3.63, 3.8) is 0 Å². The van der Waals surface area contributed by atoms with Gasteiger partial charge in [0.1, 0.15) is 57.5 Å². The van der Waals surface area contributed by atoms with Crippen molar-refractivity contribution in [2.45, 2.75) is 182 Å². The Balaban J connectivity index is 0.624. The maximum Gasteiger partial charge on any atom is 0.463 e. The fourth-order valence-corrected chi connectivity index (χ4v) is 20.5. The first-order chi connectivity index (χ1) is 68.6. The van der Waals surface area contributed by atoms with Crippen LogP contribution in [0.4, 0.5) is 0 Å². The summed E-state index contributed by atoms with van der Waals surface area (Å²) in [4.78, 5) is 0. The molecule has 0 aromatic heterocycles. The van der Waals surface area contributed by atoms with E-state index in [9.17, 15) is 0 Å². The van der Waals surface area contributed by atoms with Crippen LogP contribution in [-0.2, 0) is 96.5 Å². The first kappa shape index (κ1) is 116. The molecular formula is C102H134O31P8. The van der Waals surface area contributed by atoms with Crippen LogP contribution in [0.3, 0.4) is 0 Å². The highest BCUT2D eigenvalue weighted by Gasteiger charge is 2.33. The van der Waals surface area contributed by atoms with Crippen LogP contribution in [0.15, 0.2) is 303 Å². The maximum absolute atomic E-state index is 6.44. The van der Waals surface area contributed by atoms with Crippen LogP contribution in [-0.4, -0.2) is 178 Å². The van der Waals surface area contributed by atoms with Gasteiger partial charge in [0.15, 0.2) is 0 Å². The molecule has 0 amide bonds. The molecule has 0 heterocycles. The van der Waals surface area contributed by atoms with Crippen molar-refractivity contribution in [2.75, 3.05) is 92.5 Å². The Labute approximate surface area is 841 Å². The fourth-order valence-electron chi connectivity index (χ4n) is 11.5. The van der Waals surface area contributed by atoms with Crippen LogP contribution in [0.25, 0.3) is 0 Å². The van der Waals surface area contributed by atoms with Crippen LogP contribution in [0.1, 0.15) is 96.9 Å². The van der Waals surface area contributed by atoms with Crippen LogP contribution in [0.5, 0.6) is 57.5 Å². The molecule has 39 heteroatoms. The number of hydrogen-bond donors (Lipinski definition) is 0. The molecule has 0 spiro atoms. The Bertz CT molecular complexity index is 4390. The zero-order chi connectivity index (χ0) is 99.7. The lowest BCUT2D eigenvalue weighted by Gasteiger charge is -2.26. The van der Waals surface area contributed by atoms with Crippen molar-refractivity contribution >= 4 is 68.8 Å². The number of para-hydroxylation sites is 10. The van der Waals surface area contributed by atoms with E-state index in [1.54, 1.807) is 0 Å². The molecule has 31 nitrogen and oxygen atoms in total. The predicted octanol–water partition coefficient (Wildman–Crippen LogP) is 27.4. The van der Waals surface area contributed by atoms with E-state index in [2.05, 4.69) is 0 Å². The lowest BCUT2D eigenvalue weighted by molar-refractivity contribution is -0.0153. The quantitative estimate of drug-likeness (QED) is 0.0320. The Hall–Kier alpha value is -7.20. The molecule has 20 unspecified atom stereocenters. The van der Waals surface area contributed by atoms with E-state index < -0.39 is 154 Å². The first-order valence-corrected chi connectivity index (χ1v) is 55.4. The summed E-state index contributed by atoms with van der Waals surface area (Å²) in [7, 11) is -15.3. The summed E-state index contributed by atoms with van der Waals surface area (Å²) < 4.78 is 195. The van der Waals surface area contributed by atoms with Gasteiger partial charge < -0.3 is 78.4 Å². The van der Waals surface area contributed by atoms with Crippen molar-refractivity contribution in [2.24, 2.45) is 0 Å². The summed E-state index contributed by atoms with van der Waals surface area (Å²) in [6.45, 7) is 29.0. The molecule has 20 atom stereocenters. The molecule has 10 rings (SSSR count). The van der Waals surface area contributed by atoms with Gasteiger partial charge in [-0.2, -0.15) is 0 Å². The number of rotatable bonds is 76. The lowest BCUT2D eigenvalue weighted by Crippen LogP contribution is -2.25. The third kappa shape index (κ3) is 51.1. The van der Waals surface area contributed by atoms with Gasteiger partial charge in [-0.25, -0.2) is 0 Å². The molecule has 0 N–H and O–H groups in total. The smallest absolute Gasteiger partial charge is 0.427 e. The zero-order valence-corrected chi connectivity index (χ0v) is 89.2. The van der Waals surface area contributed by atoms with Crippen molar-refractivity contribution in [1.29, 1.82) is 0 Å². The van der Waals surface area contributed by atoms with Crippen LogP contribution < -0.4 is 45.2 Å². The summed E-state index contributed by atoms with van der Waals surface area (Å²) in [5.74, 6) is 5.93. The van der Waals surface area contributed by atoms with Crippen molar-refractivity contribution in [3.8, 4) is 57.5 Å². The summed E-state index contributed by atoms with van der Waals surface area (Å²) in [6, 6.07) is 93.5. The second-order valence-electron chi connectivity index (χ2n) is 32.4. The zero-order valence-electron chi connectivity index (χ0n) is 82.1. The number of benzene rings is 10. The standard InChI is InChI=1S/C102H134O31P8/c1-79(110-134(124-93-45-25-15-26-46-93)112-81(3)67-104-69-83(5)114-136(126-95-49-29-17-30-50-95)116-85(7)71-106-73-87(9)118-138(128-97-53-33-19-34-54-97)120-89(11)75-108-77-91(13)122-140(130-99-57-37-21-38-58-99)131-100-59-39-22-40-60-100)65-103-66-80(2)111-135(125-94-47-27-16-28-48-94)113-82(4)68-105-70-84(6)115-137(127-96-51-31-18-32-52-96)117-86(8)72-107-74-88(10)119-139(129-98-55-35-20-36-56-98)121-90(12)76-109-78-92(14)123-141(132-101-61-41-23-42-62-101)133-102-63-43-24-44-64-102/h15-64,79-92H,65-78H2,1-14H3. The van der Waals surface area contributed by atoms with Crippen molar-refractivity contribution in [1.82, 2.24) is 0 Å². The van der Waals surface area contributed by atoms with Gasteiger partial charge >= 0.3 is 68.8 Å². The molecular weight excluding hydrogens is 1970 g/mol. The molecule has 0 saturated carbocycles. The van der Waals surface area contributed by atoms with E-state index in [0.29, 0.717) is 57.5 Å². The molecule has 768 valence electrons. The molecule has 0 aliphatic heterocycles. The highest BCUT2D eigenvalue weighted by atomic mass is 31.2. The van der Waals surface area contributed by atoms with Gasteiger partial charge in [-0.05, 0) is 218 Å². The molecule has 0 aliphatic carbocycles. The molecule has 0 aliphatic rings. The Morgan fingerprint density at radius 1 is 0.121 bits per heavy atom. The van der Waals surface area contributed by atoms with E-state index in [1.807, 2.05) is 400 Å². The van der Waals surface area contributed by atoms with E-state index in [4.69, 9.17) is 142 Å². The van der Waals surface area contributed by atoms with Gasteiger partial charge in [0, 0.05) is 0 Å². The van der Waals surface area contributed by atoms with E-state index >= 15 is 0 Å². The summed E-state index contributed by atoms with van der Waals surface area (Å²) in [6.07, 6.45) is -6.45. The van der Waals surface area contributed by atoms with Gasteiger partial charge in [-0.1, -0.05) is 182 Å². The summed E-state index contributed by atoms with van der Waals surface area (Å²) in [5, 5.41) is 0. The highest BCUT2D eigenvalue weighted by Crippen LogP contribution is 2.51. The Morgan fingerprint density at radius 2 is 0.199 bits per heavy atom. The second-order valence-corrected chi connectivity index (χ2v) is 40.8. The molecule has 0 fully saturated rings. The molecule has 0 bridgehead atoms. The minimum Gasteiger partial charge on any atom is -0.427 e. The summed E-state index contributed by atoms with van der Waals surface area (Å²) in [5.41, 5.74) is 0. The van der Waals surface area contributed by atoms with Crippen LogP contribution in [0.2, 0.25) is 0 Å². The average molecular weight is 2100 g/mol. The minimum atomic E-state index is -1.98. The second kappa shape index (κ2) is 68.3. The van der Waals surface area contributed by atoms with Gasteiger partial charge in [0.05, 0.1) is 178 Å². The molecule has 0 saturated heterocycles. The van der Waals surface area contributed by atoms with E-state index in [0.717, 1.165) is 0 Å². The first-order valence-electron chi connectivity index (χ1n) is 46.7. The topological polar surface area (TPSA) is 286 Å². The number of ether oxygens (including phenoxy) is 7. The highest BCUT2D eigenvalue weighted by molar-refractivity contribution is 7.44. The third-order valence-corrected chi connectivity index (χ3v) is 28.9. The van der Waals surface area contributed by atoms with Gasteiger partial charge in [0.25, 0.3) is 0 Å². The minimum absolute atomic E-state index is 0.163. The van der Waals surface area contributed by atoms with Gasteiger partial charge in [0.2, 0.25) is 0 Å². The number of hydrogen-bond acceptors (Lipinski definition) is 31. The molecule has 10 aromatic rings. The van der Waals surface area contributed by atoms with Crippen LogP contribution >= 0.6 is 68.8 Å². The van der Waals surface area contributed by atoms with Gasteiger partial charge in [-0.15, -0.1) is 0 Å². The van der Waals surface area contributed by atoms with Crippen molar-refractivity contribution in [3.05, 3.63) is 303 Å². The third-order valence-electron chi connectivity index (χ3n) is 17.9. The lowest BCUT2D eigenvalue weighted by atomic mass is 10.3. The molecule has 141 heavy (non-hydrogen) atoms. The predicted molar refractivity (Wildman–Crippen MR) is 549 cm³/mol. The molecule has 10 aromatic carbocycles. The Morgan fingerprint density at radius 3 is 0.291 bits per heavy atom. The maximum atomic E-state index is 6.44. The largest absolute Gasteiger partial charge is 0.463 e. The SMILES string of the molecule is CC(COCC(C)OP(Oc1ccccc1)OC(C)COCC(C)OP(Oc1ccccc1)OC(C)COCC(C)OP(Oc1ccccc1)OC(C)COCC(C)OP(Oc1ccccc1)OC(C)COCC(C)OP(Oc1ccccc1)OC(C)COCC(C)OP(Oc1ccccc1)OC(C)COCC(C)OP(Oc1ccccc1)Oc1ccccc1)OP(Oc1ccccc1)Oc1ccccc1. The van der Waals surface area contributed by atoms with Crippen LogP contribution in [0, 0.1) is 0 Å². The monoisotopic (exact) mass is 2100 g/mol. The van der Waals surface area contributed by atoms with Crippen molar-refractivity contribution < 1.29 is 142 Å². The fraction of sp³-hybridized carbons (Fsp3) is 0.412. The Kier molecular flexibility index (Phi) is 56.0.